The largest absolute Gasteiger partial charge is 0.367 e. The van der Waals surface area contributed by atoms with Gasteiger partial charge in [0.1, 0.15) is 23.9 Å². The zero-order valence-electron chi connectivity index (χ0n) is 11.3. The summed E-state index contributed by atoms with van der Waals surface area (Å²) in [4.78, 5) is 37.2. The Kier molecular flexibility index (Phi) is 3.99. The predicted molar refractivity (Wildman–Crippen MR) is 75.8 cm³/mol. The molecule has 0 atom stereocenters. The van der Waals surface area contributed by atoms with Crippen LogP contribution in [0.1, 0.15) is 0 Å². The summed E-state index contributed by atoms with van der Waals surface area (Å²) in [6, 6.07) is 0. The van der Waals surface area contributed by atoms with E-state index in [0.29, 0.717) is 29.2 Å². The van der Waals surface area contributed by atoms with Gasteiger partial charge >= 0.3 is 7.60 Å². The smallest absolute Gasteiger partial charge is 0.350 e. The highest BCUT2D eigenvalue weighted by molar-refractivity contribution is 7.51. The van der Waals surface area contributed by atoms with Gasteiger partial charge in [0, 0.05) is 18.9 Å². The maximum atomic E-state index is 10.7. The normalized spacial score (nSPS) is 12.1. The van der Waals surface area contributed by atoms with E-state index < -0.39 is 13.9 Å². The fraction of sp³-hybridized carbons (Fsp3) is 0.273. The SMILES string of the molecule is O=P(O)(O)COCCn1cnc2c(-c3ncc[nH]3)ncnc21. The fourth-order valence-corrected chi connectivity index (χ4v) is 2.33. The average Bonchev–Trinajstić information content (AvgIpc) is 3.12. The van der Waals surface area contributed by atoms with Crippen LogP contribution in [0.25, 0.3) is 22.7 Å². The third kappa shape index (κ3) is 3.20. The Bertz CT molecular complexity index is 811. The van der Waals surface area contributed by atoms with Crippen molar-refractivity contribution in [1.29, 1.82) is 0 Å². The molecule has 0 aliphatic carbocycles. The molecule has 0 amide bonds. The maximum absolute atomic E-state index is 10.7. The molecule has 22 heavy (non-hydrogen) atoms. The predicted octanol–water partition coefficient (Wildman–Crippen LogP) is 0.368. The number of hydrogen-bond acceptors (Lipinski definition) is 6. The van der Waals surface area contributed by atoms with Gasteiger partial charge in [-0.1, -0.05) is 0 Å². The van der Waals surface area contributed by atoms with Crippen molar-refractivity contribution >= 4 is 18.8 Å². The number of H-pyrrole nitrogens is 1. The molecule has 3 aromatic rings. The van der Waals surface area contributed by atoms with Gasteiger partial charge in [-0.2, -0.15) is 0 Å². The topological polar surface area (TPSA) is 139 Å². The van der Waals surface area contributed by atoms with E-state index >= 15 is 0 Å². The number of fused-ring (bicyclic) bond motifs is 1. The molecule has 0 aliphatic heterocycles. The highest BCUT2D eigenvalue weighted by Crippen LogP contribution is 2.33. The molecule has 3 heterocycles. The minimum Gasteiger partial charge on any atom is -0.367 e. The van der Waals surface area contributed by atoms with Crippen molar-refractivity contribution in [2.75, 3.05) is 13.0 Å². The van der Waals surface area contributed by atoms with Crippen LogP contribution in [0, 0.1) is 0 Å². The van der Waals surface area contributed by atoms with Crippen molar-refractivity contribution in [2.45, 2.75) is 6.54 Å². The van der Waals surface area contributed by atoms with Crippen molar-refractivity contribution in [3.63, 3.8) is 0 Å². The van der Waals surface area contributed by atoms with Crippen LogP contribution in [0.15, 0.2) is 25.0 Å². The third-order valence-electron chi connectivity index (χ3n) is 2.86. The molecule has 0 radical (unpaired) electrons. The lowest BCUT2D eigenvalue weighted by atomic mass is 10.3. The summed E-state index contributed by atoms with van der Waals surface area (Å²) in [5.74, 6) is 0.593. The van der Waals surface area contributed by atoms with Crippen LogP contribution in [0.2, 0.25) is 0 Å². The molecule has 0 aliphatic rings. The van der Waals surface area contributed by atoms with E-state index in [1.54, 1.807) is 23.3 Å². The minimum atomic E-state index is -4.15. The number of nitrogens with zero attached hydrogens (tertiary/aromatic N) is 5. The highest BCUT2D eigenvalue weighted by atomic mass is 31.2. The fourth-order valence-electron chi connectivity index (χ4n) is 1.96. The van der Waals surface area contributed by atoms with Gasteiger partial charge in [0.05, 0.1) is 12.9 Å². The van der Waals surface area contributed by atoms with Crippen LogP contribution in [0.4, 0.5) is 0 Å². The molecular formula is C11H13N6O4P. The van der Waals surface area contributed by atoms with Gasteiger partial charge in [-0.25, -0.2) is 19.9 Å². The molecule has 3 rings (SSSR count). The maximum Gasteiger partial charge on any atom is 0.350 e. The quantitative estimate of drug-likeness (QED) is 0.436. The number of nitrogens with one attached hydrogen (secondary N) is 1. The Morgan fingerprint density at radius 3 is 2.86 bits per heavy atom. The molecule has 0 bridgehead atoms. The van der Waals surface area contributed by atoms with E-state index in [2.05, 4.69) is 24.9 Å². The van der Waals surface area contributed by atoms with Crippen molar-refractivity contribution in [2.24, 2.45) is 0 Å². The molecule has 0 saturated carbocycles. The Labute approximate surface area is 124 Å². The first-order valence-corrected chi connectivity index (χ1v) is 8.12. The molecule has 11 heteroatoms. The minimum absolute atomic E-state index is 0.136. The van der Waals surface area contributed by atoms with Crippen LogP contribution in [-0.4, -0.2) is 52.2 Å². The number of rotatable bonds is 6. The number of ether oxygens (including phenoxy) is 1. The van der Waals surface area contributed by atoms with Crippen molar-refractivity contribution < 1.29 is 19.1 Å². The van der Waals surface area contributed by atoms with E-state index in [1.165, 1.54) is 6.33 Å². The van der Waals surface area contributed by atoms with Gasteiger partial charge < -0.3 is 24.1 Å². The molecule has 3 aromatic heterocycles. The summed E-state index contributed by atoms with van der Waals surface area (Å²) in [5.41, 5.74) is 1.78. The van der Waals surface area contributed by atoms with Crippen LogP contribution in [0.5, 0.6) is 0 Å². The van der Waals surface area contributed by atoms with E-state index in [1.807, 2.05) is 0 Å². The molecule has 3 N–H and O–H groups in total. The second kappa shape index (κ2) is 5.93. The molecule has 0 aromatic carbocycles. The standard InChI is InChI=1S/C11H13N6O4P/c18-22(19,20)7-21-4-3-17-6-16-9-8(10-12-1-2-13-10)14-5-15-11(9)17/h1-2,5-6H,3-4,7H2,(H,12,13)(H2,18,19,20). The number of aromatic amines is 1. The number of hydrogen-bond donors (Lipinski definition) is 3. The molecule has 0 fully saturated rings. The average molecular weight is 324 g/mol. The summed E-state index contributed by atoms with van der Waals surface area (Å²) < 4.78 is 17.4. The lowest BCUT2D eigenvalue weighted by Gasteiger charge is -2.06. The first-order chi connectivity index (χ1) is 10.5. The van der Waals surface area contributed by atoms with Gasteiger partial charge in [0.2, 0.25) is 0 Å². The lowest BCUT2D eigenvalue weighted by Crippen LogP contribution is -2.07. The van der Waals surface area contributed by atoms with Crippen LogP contribution >= 0.6 is 7.60 Å². The van der Waals surface area contributed by atoms with Gasteiger partial charge in [0.25, 0.3) is 0 Å². The molecule has 0 saturated heterocycles. The lowest BCUT2D eigenvalue weighted by molar-refractivity contribution is 0.149. The van der Waals surface area contributed by atoms with Gasteiger partial charge in [-0.15, -0.1) is 0 Å². The number of aromatic nitrogens is 6. The van der Waals surface area contributed by atoms with E-state index in [-0.39, 0.29) is 6.61 Å². The number of imidazole rings is 2. The Hall–Kier alpha value is -2.13. The molecule has 116 valence electrons. The summed E-state index contributed by atoms with van der Waals surface area (Å²) in [5, 5.41) is 0. The van der Waals surface area contributed by atoms with Crippen molar-refractivity contribution in [3.05, 3.63) is 25.0 Å². The second-order valence-corrected chi connectivity index (χ2v) is 6.06. The van der Waals surface area contributed by atoms with E-state index in [9.17, 15) is 4.57 Å². The summed E-state index contributed by atoms with van der Waals surface area (Å²) in [6.07, 6.45) is 5.69. The van der Waals surface area contributed by atoms with Gasteiger partial charge in [0.15, 0.2) is 11.5 Å². The van der Waals surface area contributed by atoms with Crippen LogP contribution in [-0.2, 0) is 15.8 Å². The van der Waals surface area contributed by atoms with Crippen LogP contribution in [0.3, 0.4) is 0 Å². The monoisotopic (exact) mass is 324 g/mol. The zero-order valence-corrected chi connectivity index (χ0v) is 12.2. The first kappa shape index (κ1) is 14.8. The summed E-state index contributed by atoms with van der Waals surface area (Å²) in [7, 11) is -4.15. The van der Waals surface area contributed by atoms with Crippen LogP contribution < -0.4 is 0 Å². The molecule has 10 nitrogen and oxygen atoms in total. The summed E-state index contributed by atoms with van der Waals surface area (Å²) >= 11 is 0. The Morgan fingerprint density at radius 1 is 1.27 bits per heavy atom. The summed E-state index contributed by atoms with van der Waals surface area (Å²) in [6.45, 7) is 0.502. The third-order valence-corrected chi connectivity index (χ3v) is 3.38. The van der Waals surface area contributed by atoms with E-state index in [0.717, 1.165) is 0 Å². The first-order valence-electron chi connectivity index (χ1n) is 6.32. The van der Waals surface area contributed by atoms with Crippen molar-refractivity contribution in [1.82, 2.24) is 29.5 Å². The molecule has 0 spiro atoms. The zero-order chi connectivity index (χ0) is 15.6. The molecular weight excluding hydrogens is 311 g/mol. The Morgan fingerprint density at radius 2 is 2.14 bits per heavy atom. The van der Waals surface area contributed by atoms with Gasteiger partial charge in [-0.05, 0) is 0 Å². The van der Waals surface area contributed by atoms with E-state index in [4.69, 9.17) is 14.5 Å². The molecule has 0 unspecified atom stereocenters. The highest BCUT2D eigenvalue weighted by Gasteiger charge is 2.14. The van der Waals surface area contributed by atoms with Crippen molar-refractivity contribution in [3.8, 4) is 11.5 Å². The Balaban J connectivity index is 1.78. The second-order valence-electron chi connectivity index (χ2n) is 4.47. The van der Waals surface area contributed by atoms with Gasteiger partial charge in [-0.3, -0.25) is 4.57 Å².